The summed E-state index contributed by atoms with van der Waals surface area (Å²) in [6.07, 6.45) is -3.72. The molecular formula is C8H17F3N2O. The van der Waals surface area contributed by atoms with E-state index in [9.17, 15) is 13.2 Å². The number of hydrogen-bond donors (Lipinski definition) is 2. The van der Waals surface area contributed by atoms with Gasteiger partial charge in [-0.15, -0.1) is 0 Å². The third-order valence-corrected chi connectivity index (χ3v) is 2.15. The van der Waals surface area contributed by atoms with Crippen LogP contribution in [0.5, 0.6) is 0 Å². The Bertz CT molecular complexity index is 163. The molecule has 0 heterocycles. The summed E-state index contributed by atoms with van der Waals surface area (Å²) in [5.41, 5.74) is 5.58. The van der Waals surface area contributed by atoms with E-state index in [4.69, 9.17) is 10.8 Å². The average molecular weight is 214 g/mol. The standard InChI is InChI=1S/C8H17F3N2O/c1-3-6(12)7(4-14)13(2)5-8(9,10)11/h6-7,14H,3-5,12H2,1-2H3. The van der Waals surface area contributed by atoms with Crippen molar-refractivity contribution in [2.75, 3.05) is 20.2 Å². The Hall–Kier alpha value is -0.330. The number of halogens is 3. The largest absolute Gasteiger partial charge is 0.401 e. The van der Waals surface area contributed by atoms with E-state index in [1.54, 1.807) is 6.92 Å². The lowest BCUT2D eigenvalue weighted by molar-refractivity contribution is -0.149. The van der Waals surface area contributed by atoms with Crippen molar-refractivity contribution in [3.8, 4) is 0 Å². The third-order valence-electron chi connectivity index (χ3n) is 2.15. The second kappa shape index (κ2) is 5.53. The maximum atomic E-state index is 12.0. The molecule has 0 aliphatic rings. The average Bonchev–Trinajstić information content (AvgIpc) is 2.01. The lowest BCUT2D eigenvalue weighted by Crippen LogP contribution is -2.50. The van der Waals surface area contributed by atoms with Crippen molar-refractivity contribution in [1.29, 1.82) is 0 Å². The molecule has 2 atom stereocenters. The summed E-state index contributed by atoms with van der Waals surface area (Å²) in [7, 11) is 1.31. The molecule has 0 rings (SSSR count). The van der Waals surface area contributed by atoms with Crippen molar-refractivity contribution in [2.24, 2.45) is 5.73 Å². The highest BCUT2D eigenvalue weighted by Crippen LogP contribution is 2.17. The fraction of sp³-hybridized carbons (Fsp3) is 1.00. The van der Waals surface area contributed by atoms with Gasteiger partial charge >= 0.3 is 6.18 Å². The van der Waals surface area contributed by atoms with E-state index in [1.807, 2.05) is 0 Å². The quantitative estimate of drug-likeness (QED) is 0.703. The zero-order valence-corrected chi connectivity index (χ0v) is 8.38. The van der Waals surface area contributed by atoms with Gasteiger partial charge in [-0.2, -0.15) is 13.2 Å². The maximum Gasteiger partial charge on any atom is 0.401 e. The summed E-state index contributed by atoms with van der Waals surface area (Å²) < 4.78 is 36.0. The Morgan fingerprint density at radius 2 is 1.93 bits per heavy atom. The van der Waals surface area contributed by atoms with Gasteiger partial charge in [0.15, 0.2) is 0 Å². The lowest BCUT2D eigenvalue weighted by atomic mass is 10.1. The highest BCUT2D eigenvalue weighted by molar-refractivity contribution is 4.80. The van der Waals surface area contributed by atoms with Crippen LogP contribution in [0.25, 0.3) is 0 Å². The molecule has 0 aliphatic heterocycles. The molecule has 0 aromatic rings. The van der Waals surface area contributed by atoms with Gasteiger partial charge in [-0.1, -0.05) is 6.92 Å². The fourth-order valence-electron chi connectivity index (χ4n) is 1.27. The molecule has 0 aromatic carbocycles. The Morgan fingerprint density at radius 1 is 1.43 bits per heavy atom. The fourth-order valence-corrected chi connectivity index (χ4v) is 1.27. The monoisotopic (exact) mass is 214 g/mol. The van der Waals surface area contributed by atoms with E-state index in [2.05, 4.69) is 0 Å². The zero-order valence-electron chi connectivity index (χ0n) is 8.38. The van der Waals surface area contributed by atoms with Crippen LogP contribution in [0, 0.1) is 0 Å². The van der Waals surface area contributed by atoms with Crippen molar-refractivity contribution >= 4 is 0 Å². The summed E-state index contributed by atoms with van der Waals surface area (Å²) in [6, 6.07) is -1.08. The summed E-state index contributed by atoms with van der Waals surface area (Å²) in [4.78, 5) is 1.04. The smallest absolute Gasteiger partial charge is 0.395 e. The van der Waals surface area contributed by atoms with Crippen LogP contribution >= 0.6 is 0 Å². The van der Waals surface area contributed by atoms with Crippen LogP contribution in [0.3, 0.4) is 0 Å². The van der Waals surface area contributed by atoms with Gasteiger partial charge in [0.25, 0.3) is 0 Å². The Kier molecular flexibility index (Phi) is 5.40. The van der Waals surface area contributed by atoms with E-state index in [-0.39, 0.29) is 6.61 Å². The van der Waals surface area contributed by atoms with Crippen LogP contribution in [0.15, 0.2) is 0 Å². The second-order valence-electron chi connectivity index (χ2n) is 3.35. The van der Waals surface area contributed by atoms with Gasteiger partial charge in [0.2, 0.25) is 0 Å². The number of aliphatic hydroxyl groups is 1. The van der Waals surface area contributed by atoms with Gasteiger partial charge < -0.3 is 10.8 Å². The first-order valence-electron chi connectivity index (χ1n) is 4.45. The first kappa shape index (κ1) is 13.7. The molecule has 0 aromatic heterocycles. The molecule has 6 heteroatoms. The molecule has 0 aliphatic carbocycles. The van der Waals surface area contributed by atoms with E-state index < -0.39 is 24.8 Å². The summed E-state index contributed by atoms with van der Waals surface area (Å²) >= 11 is 0. The van der Waals surface area contributed by atoms with Gasteiger partial charge in [-0.3, -0.25) is 4.90 Å². The second-order valence-corrected chi connectivity index (χ2v) is 3.35. The number of likely N-dealkylation sites (N-methyl/N-ethyl adjacent to an activating group) is 1. The number of alkyl halides is 3. The molecule has 86 valence electrons. The lowest BCUT2D eigenvalue weighted by Gasteiger charge is -2.31. The summed E-state index contributed by atoms with van der Waals surface area (Å²) in [5.74, 6) is 0. The summed E-state index contributed by atoms with van der Waals surface area (Å²) in [6.45, 7) is 0.363. The van der Waals surface area contributed by atoms with Gasteiger partial charge in [0, 0.05) is 12.1 Å². The predicted molar refractivity (Wildman–Crippen MR) is 47.8 cm³/mol. The van der Waals surface area contributed by atoms with Crippen LogP contribution in [-0.2, 0) is 0 Å². The molecule has 0 saturated carbocycles. The summed E-state index contributed by atoms with van der Waals surface area (Å²) in [5, 5.41) is 8.91. The minimum Gasteiger partial charge on any atom is -0.395 e. The van der Waals surface area contributed by atoms with Gasteiger partial charge in [-0.25, -0.2) is 0 Å². The van der Waals surface area contributed by atoms with Gasteiger partial charge in [0.05, 0.1) is 13.2 Å². The SMILES string of the molecule is CCC(N)C(CO)N(C)CC(F)(F)F. The van der Waals surface area contributed by atoms with E-state index in [1.165, 1.54) is 7.05 Å². The van der Waals surface area contributed by atoms with Crippen LogP contribution in [0.2, 0.25) is 0 Å². The molecule has 3 N–H and O–H groups in total. The van der Waals surface area contributed by atoms with E-state index in [0.29, 0.717) is 6.42 Å². The van der Waals surface area contributed by atoms with Crippen molar-refractivity contribution < 1.29 is 18.3 Å². The molecule has 0 radical (unpaired) electrons. The zero-order chi connectivity index (χ0) is 11.4. The van der Waals surface area contributed by atoms with Crippen LogP contribution in [0.4, 0.5) is 13.2 Å². The first-order chi connectivity index (χ1) is 6.31. The molecule has 0 amide bonds. The molecule has 2 unspecified atom stereocenters. The van der Waals surface area contributed by atoms with E-state index >= 15 is 0 Å². The van der Waals surface area contributed by atoms with Gasteiger partial charge in [-0.05, 0) is 13.5 Å². The third kappa shape index (κ3) is 4.78. The Labute approximate surface area is 81.7 Å². The Morgan fingerprint density at radius 3 is 2.21 bits per heavy atom. The Balaban J connectivity index is 4.24. The van der Waals surface area contributed by atoms with Crippen LogP contribution in [-0.4, -0.2) is 48.5 Å². The number of hydrogen-bond acceptors (Lipinski definition) is 3. The molecule has 0 spiro atoms. The van der Waals surface area contributed by atoms with Crippen molar-refractivity contribution in [3.63, 3.8) is 0 Å². The van der Waals surface area contributed by atoms with Crippen molar-refractivity contribution in [1.82, 2.24) is 4.90 Å². The molecular weight excluding hydrogens is 197 g/mol. The van der Waals surface area contributed by atoms with Crippen molar-refractivity contribution in [2.45, 2.75) is 31.6 Å². The molecule has 0 saturated heterocycles. The highest BCUT2D eigenvalue weighted by Gasteiger charge is 2.33. The number of nitrogens with zero attached hydrogens (tertiary/aromatic N) is 1. The molecule has 0 bridgehead atoms. The number of aliphatic hydroxyl groups excluding tert-OH is 1. The van der Waals surface area contributed by atoms with Crippen molar-refractivity contribution in [3.05, 3.63) is 0 Å². The number of nitrogens with two attached hydrogens (primary N) is 1. The maximum absolute atomic E-state index is 12.0. The first-order valence-corrected chi connectivity index (χ1v) is 4.45. The molecule has 0 fully saturated rings. The highest BCUT2D eigenvalue weighted by atomic mass is 19.4. The van der Waals surface area contributed by atoms with Crippen LogP contribution < -0.4 is 5.73 Å². The minimum absolute atomic E-state index is 0.360. The normalized spacial score (nSPS) is 17.1. The molecule has 3 nitrogen and oxygen atoms in total. The minimum atomic E-state index is -4.25. The molecule has 14 heavy (non-hydrogen) atoms. The topological polar surface area (TPSA) is 49.5 Å². The predicted octanol–water partition coefficient (Wildman–Crippen LogP) is 0.579. The van der Waals surface area contributed by atoms with E-state index in [0.717, 1.165) is 4.90 Å². The van der Waals surface area contributed by atoms with Crippen LogP contribution in [0.1, 0.15) is 13.3 Å². The number of rotatable bonds is 5. The van der Waals surface area contributed by atoms with Gasteiger partial charge in [0.1, 0.15) is 0 Å².